The molecule has 0 heterocycles. The summed E-state index contributed by atoms with van der Waals surface area (Å²) in [6.07, 6.45) is 18.8. The first-order chi connectivity index (χ1) is 23.6. The van der Waals surface area contributed by atoms with Gasteiger partial charge in [0.2, 0.25) is 0 Å². The molecule has 0 bridgehead atoms. The second-order valence-corrected chi connectivity index (χ2v) is 13.3. The molecular formula is C43H62O5. The fourth-order valence-corrected chi connectivity index (χ4v) is 6.59. The Hall–Kier alpha value is -2.99. The lowest BCUT2D eigenvalue weighted by molar-refractivity contribution is -0.137. The van der Waals surface area contributed by atoms with E-state index in [-0.39, 0.29) is 13.0 Å². The van der Waals surface area contributed by atoms with Gasteiger partial charge in [-0.05, 0) is 36.0 Å². The Morgan fingerprint density at radius 1 is 0.604 bits per heavy atom. The molecule has 2 unspecified atom stereocenters. The third-order valence-corrected chi connectivity index (χ3v) is 9.40. The Labute approximate surface area is 291 Å². The van der Waals surface area contributed by atoms with E-state index in [1.165, 1.54) is 77.0 Å². The number of carboxylic acids is 1. The highest BCUT2D eigenvalue weighted by atomic mass is 16.6. The molecule has 3 aromatic carbocycles. The van der Waals surface area contributed by atoms with Crippen molar-refractivity contribution < 1.29 is 24.5 Å². The summed E-state index contributed by atoms with van der Waals surface area (Å²) in [4.78, 5) is 11.0. The van der Waals surface area contributed by atoms with Crippen LogP contribution in [0.3, 0.4) is 0 Å². The van der Waals surface area contributed by atoms with Crippen LogP contribution < -0.4 is 0 Å². The van der Waals surface area contributed by atoms with Crippen LogP contribution >= 0.6 is 0 Å². The number of benzene rings is 3. The van der Waals surface area contributed by atoms with Crippen LogP contribution in [0, 0.1) is 0 Å². The van der Waals surface area contributed by atoms with E-state index in [9.17, 15) is 9.90 Å². The second-order valence-electron chi connectivity index (χ2n) is 13.3. The third kappa shape index (κ3) is 14.2. The van der Waals surface area contributed by atoms with Gasteiger partial charge in [0.15, 0.2) is 0 Å². The lowest BCUT2D eigenvalue weighted by Crippen LogP contribution is -2.40. The van der Waals surface area contributed by atoms with E-state index < -0.39 is 23.8 Å². The van der Waals surface area contributed by atoms with Crippen molar-refractivity contribution in [3.8, 4) is 0 Å². The number of carboxylic acid groups (broad SMARTS) is 1. The van der Waals surface area contributed by atoms with Crippen molar-refractivity contribution in [2.45, 2.75) is 140 Å². The molecule has 3 rings (SSSR count). The van der Waals surface area contributed by atoms with E-state index in [1.54, 1.807) is 0 Å². The summed E-state index contributed by atoms with van der Waals surface area (Å²) in [6.45, 7) is 2.84. The van der Waals surface area contributed by atoms with E-state index in [1.807, 2.05) is 54.6 Å². The number of hydrogen-bond acceptors (Lipinski definition) is 4. The lowest BCUT2D eigenvalue weighted by Gasteiger charge is -2.37. The van der Waals surface area contributed by atoms with Gasteiger partial charge in [0.1, 0.15) is 11.7 Å². The highest BCUT2D eigenvalue weighted by Crippen LogP contribution is 2.40. The molecule has 3 aromatic rings. The lowest BCUT2D eigenvalue weighted by atomic mass is 9.80. The fourth-order valence-electron chi connectivity index (χ4n) is 6.59. The van der Waals surface area contributed by atoms with Crippen molar-refractivity contribution in [2.75, 3.05) is 13.2 Å². The largest absolute Gasteiger partial charge is 0.481 e. The van der Waals surface area contributed by atoms with Crippen LogP contribution in [0.25, 0.3) is 0 Å². The first-order valence-electron chi connectivity index (χ1n) is 18.9. The normalized spacial score (nSPS) is 13.0. The minimum Gasteiger partial charge on any atom is -0.481 e. The summed E-state index contributed by atoms with van der Waals surface area (Å²) >= 11 is 0. The highest BCUT2D eigenvalue weighted by Gasteiger charge is 2.39. The number of rotatable bonds is 28. The Morgan fingerprint density at radius 3 is 1.44 bits per heavy atom. The fraction of sp³-hybridized carbons (Fsp3) is 0.558. The van der Waals surface area contributed by atoms with E-state index in [2.05, 4.69) is 43.3 Å². The second kappa shape index (κ2) is 24.2. The predicted molar refractivity (Wildman–Crippen MR) is 197 cm³/mol. The molecule has 0 aliphatic heterocycles. The number of aliphatic hydroxyl groups excluding tert-OH is 1. The summed E-state index contributed by atoms with van der Waals surface area (Å²) in [6, 6.07) is 30.7. The molecule has 0 radical (unpaired) electrons. The predicted octanol–water partition coefficient (Wildman–Crippen LogP) is 10.9. The van der Waals surface area contributed by atoms with Gasteiger partial charge >= 0.3 is 5.97 Å². The van der Waals surface area contributed by atoms with Gasteiger partial charge in [-0.25, -0.2) is 0 Å². The summed E-state index contributed by atoms with van der Waals surface area (Å²) in [5.41, 5.74) is 2.11. The van der Waals surface area contributed by atoms with Gasteiger partial charge < -0.3 is 19.7 Å². The molecule has 0 saturated heterocycles. The van der Waals surface area contributed by atoms with Gasteiger partial charge in [0.25, 0.3) is 0 Å². The molecule has 0 aliphatic carbocycles. The number of aliphatic carboxylic acids is 1. The Kier molecular flexibility index (Phi) is 19.9. The zero-order chi connectivity index (χ0) is 34.1. The molecule has 0 aliphatic rings. The average molecular weight is 659 g/mol. The van der Waals surface area contributed by atoms with Gasteiger partial charge in [-0.15, -0.1) is 0 Å². The van der Waals surface area contributed by atoms with Crippen LogP contribution in [0.1, 0.15) is 139 Å². The van der Waals surface area contributed by atoms with Crippen LogP contribution in [0.4, 0.5) is 0 Å². The molecule has 0 spiro atoms. The van der Waals surface area contributed by atoms with Crippen molar-refractivity contribution in [3.63, 3.8) is 0 Å². The third-order valence-electron chi connectivity index (χ3n) is 9.40. The SMILES string of the molecule is CCCCCCCCCCCCCCCCC(O)C(COC(c1ccccc1)(c1ccccc1)c1ccccc1)OCCCCC(=O)O. The number of hydrogen-bond donors (Lipinski definition) is 2. The maximum Gasteiger partial charge on any atom is 0.303 e. The van der Waals surface area contributed by atoms with E-state index in [0.717, 1.165) is 29.5 Å². The van der Waals surface area contributed by atoms with Crippen molar-refractivity contribution in [1.82, 2.24) is 0 Å². The van der Waals surface area contributed by atoms with Gasteiger partial charge in [-0.3, -0.25) is 4.79 Å². The smallest absolute Gasteiger partial charge is 0.303 e. The molecule has 2 atom stereocenters. The van der Waals surface area contributed by atoms with Crippen LogP contribution in [-0.4, -0.2) is 41.6 Å². The van der Waals surface area contributed by atoms with Crippen molar-refractivity contribution in [3.05, 3.63) is 108 Å². The average Bonchev–Trinajstić information content (AvgIpc) is 3.12. The Balaban J connectivity index is 1.58. The van der Waals surface area contributed by atoms with Gasteiger partial charge in [0, 0.05) is 13.0 Å². The van der Waals surface area contributed by atoms with Gasteiger partial charge in [0.05, 0.1) is 12.7 Å². The van der Waals surface area contributed by atoms with Crippen molar-refractivity contribution in [1.29, 1.82) is 0 Å². The molecule has 0 fully saturated rings. The van der Waals surface area contributed by atoms with Gasteiger partial charge in [-0.2, -0.15) is 0 Å². The van der Waals surface area contributed by atoms with Crippen LogP contribution in [0.2, 0.25) is 0 Å². The first-order valence-corrected chi connectivity index (χ1v) is 18.9. The molecular weight excluding hydrogens is 596 g/mol. The molecule has 2 N–H and O–H groups in total. The summed E-state index contributed by atoms with van der Waals surface area (Å²) in [5.74, 6) is -0.800. The zero-order valence-electron chi connectivity index (χ0n) is 29.6. The van der Waals surface area contributed by atoms with E-state index in [4.69, 9.17) is 14.6 Å². The van der Waals surface area contributed by atoms with Crippen molar-refractivity contribution in [2.24, 2.45) is 0 Å². The van der Waals surface area contributed by atoms with Crippen LogP contribution in [-0.2, 0) is 19.9 Å². The van der Waals surface area contributed by atoms with Crippen LogP contribution in [0.5, 0.6) is 0 Å². The molecule has 48 heavy (non-hydrogen) atoms. The van der Waals surface area contributed by atoms with E-state index >= 15 is 0 Å². The quantitative estimate of drug-likeness (QED) is 0.0600. The molecule has 5 heteroatoms. The molecule has 0 amide bonds. The molecule has 5 nitrogen and oxygen atoms in total. The van der Waals surface area contributed by atoms with Gasteiger partial charge in [-0.1, -0.05) is 188 Å². The minimum absolute atomic E-state index is 0.116. The highest BCUT2D eigenvalue weighted by molar-refractivity contribution is 5.66. The zero-order valence-corrected chi connectivity index (χ0v) is 29.6. The Bertz CT molecular complexity index is 1100. The van der Waals surface area contributed by atoms with Crippen molar-refractivity contribution >= 4 is 5.97 Å². The standard InChI is InChI=1S/C43H62O5/c1-2-3-4-5-6-7-8-9-10-11-12-13-14-24-33-40(44)41(47-35-26-25-34-42(45)46)36-48-43(37-27-18-15-19-28-37,38-29-20-16-21-30-38)39-31-22-17-23-32-39/h15-23,27-32,40-41,44H,2-14,24-26,33-36H2,1H3,(H,45,46). The number of ether oxygens (including phenoxy) is 2. The first kappa shape index (κ1) is 39.4. The number of unbranched alkanes of at least 4 members (excludes halogenated alkanes) is 14. The topological polar surface area (TPSA) is 76.0 Å². The number of aliphatic hydroxyl groups is 1. The molecule has 264 valence electrons. The Morgan fingerprint density at radius 2 is 1.02 bits per heavy atom. The maximum absolute atomic E-state index is 11.5. The number of carbonyl (C=O) groups is 1. The van der Waals surface area contributed by atoms with Crippen LogP contribution in [0.15, 0.2) is 91.0 Å². The monoisotopic (exact) mass is 658 g/mol. The summed E-state index contributed by atoms with van der Waals surface area (Å²) in [7, 11) is 0. The maximum atomic E-state index is 11.5. The minimum atomic E-state index is -0.899. The molecule has 0 saturated carbocycles. The summed E-state index contributed by atoms with van der Waals surface area (Å²) in [5, 5.41) is 20.5. The summed E-state index contributed by atoms with van der Waals surface area (Å²) < 4.78 is 13.3. The molecule has 0 aromatic heterocycles. The van der Waals surface area contributed by atoms with E-state index in [0.29, 0.717) is 25.9 Å².